The van der Waals surface area contributed by atoms with Gasteiger partial charge in [-0.2, -0.15) is 10.5 Å². The van der Waals surface area contributed by atoms with Crippen LogP contribution in [0, 0.1) is 22.7 Å². The number of nitrogens with zero attached hydrogens (tertiary/aromatic N) is 2. The van der Waals surface area contributed by atoms with Gasteiger partial charge in [0, 0.05) is 12.8 Å². The van der Waals surface area contributed by atoms with Gasteiger partial charge >= 0.3 is 5.97 Å². The van der Waals surface area contributed by atoms with E-state index >= 15 is 0 Å². The van der Waals surface area contributed by atoms with E-state index in [2.05, 4.69) is 12.1 Å². The van der Waals surface area contributed by atoms with Gasteiger partial charge in [0.25, 0.3) is 0 Å². The molecule has 0 saturated heterocycles. The molecule has 2 atom stereocenters. The molecule has 104 valence electrons. The highest BCUT2D eigenvalue weighted by molar-refractivity contribution is 5.89. The van der Waals surface area contributed by atoms with Crippen molar-refractivity contribution < 1.29 is 9.53 Å². The van der Waals surface area contributed by atoms with Gasteiger partial charge < -0.3 is 4.74 Å². The van der Waals surface area contributed by atoms with E-state index in [1.54, 1.807) is 12.1 Å². The molecule has 4 nitrogen and oxygen atoms in total. The van der Waals surface area contributed by atoms with Crippen LogP contribution in [0.2, 0.25) is 0 Å². The predicted molar refractivity (Wildman–Crippen MR) is 75.1 cm³/mol. The predicted octanol–water partition coefficient (Wildman–Crippen LogP) is 3.51. The lowest BCUT2D eigenvalue weighted by atomic mass is 9.89. The highest BCUT2D eigenvalue weighted by Crippen LogP contribution is 2.27. The van der Waals surface area contributed by atoms with Gasteiger partial charge in [-0.05, 0) is 35.1 Å². The van der Waals surface area contributed by atoms with Crippen LogP contribution in [0.4, 0.5) is 0 Å². The van der Waals surface area contributed by atoms with Gasteiger partial charge in [-0.25, -0.2) is 4.79 Å². The second-order valence-corrected chi connectivity index (χ2v) is 4.91. The summed E-state index contributed by atoms with van der Waals surface area (Å²) in [5.41, 5.74) is 2.32. The van der Waals surface area contributed by atoms with E-state index in [1.807, 2.05) is 19.9 Å². The minimum absolute atomic E-state index is 0.0395. The van der Waals surface area contributed by atoms with E-state index in [0.717, 1.165) is 11.1 Å². The van der Waals surface area contributed by atoms with Gasteiger partial charge in [-0.1, -0.05) is 19.9 Å². The first kappa shape index (κ1) is 15.7. The van der Waals surface area contributed by atoms with Crippen molar-refractivity contribution in [1.82, 2.24) is 0 Å². The Balaban J connectivity index is 3.25. The van der Waals surface area contributed by atoms with Crippen molar-refractivity contribution in [3.05, 3.63) is 34.9 Å². The number of carbonyl (C=O) groups is 1. The van der Waals surface area contributed by atoms with Gasteiger partial charge in [-0.3, -0.25) is 0 Å². The standard InChI is InChI=1S/C16H18N2O2/c1-11(4-6-17)13-8-14(12(2)5-7-18)10-15(9-13)16(19)20-3/h8-12H,4-5H2,1-3H3. The maximum Gasteiger partial charge on any atom is 0.337 e. The Morgan fingerprint density at radius 1 is 1.10 bits per heavy atom. The lowest BCUT2D eigenvalue weighted by Gasteiger charge is -2.15. The Labute approximate surface area is 119 Å². The van der Waals surface area contributed by atoms with Gasteiger partial charge in [0.2, 0.25) is 0 Å². The summed E-state index contributed by atoms with van der Waals surface area (Å²) >= 11 is 0. The van der Waals surface area contributed by atoms with E-state index < -0.39 is 5.97 Å². The zero-order valence-corrected chi connectivity index (χ0v) is 12.0. The second-order valence-electron chi connectivity index (χ2n) is 4.91. The summed E-state index contributed by atoms with van der Waals surface area (Å²) in [7, 11) is 1.34. The average molecular weight is 270 g/mol. The Morgan fingerprint density at radius 2 is 1.55 bits per heavy atom. The van der Waals surface area contributed by atoms with E-state index in [4.69, 9.17) is 15.3 Å². The van der Waals surface area contributed by atoms with Crippen molar-refractivity contribution in [2.75, 3.05) is 7.11 Å². The van der Waals surface area contributed by atoms with E-state index in [9.17, 15) is 4.79 Å². The number of ether oxygens (including phenoxy) is 1. The molecular formula is C16H18N2O2. The van der Waals surface area contributed by atoms with Crippen LogP contribution in [0.15, 0.2) is 18.2 Å². The zero-order chi connectivity index (χ0) is 15.1. The zero-order valence-electron chi connectivity index (χ0n) is 12.0. The number of hydrogen-bond acceptors (Lipinski definition) is 4. The quantitative estimate of drug-likeness (QED) is 0.767. The number of methoxy groups -OCH3 is 1. The second kappa shape index (κ2) is 7.31. The highest BCUT2D eigenvalue weighted by atomic mass is 16.5. The third-order valence-electron chi connectivity index (χ3n) is 3.33. The fourth-order valence-electron chi connectivity index (χ4n) is 1.99. The van der Waals surface area contributed by atoms with Crippen LogP contribution in [-0.2, 0) is 4.74 Å². The smallest absolute Gasteiger partial charge is 0.337 e. The Bertz CT molecular complexity index is 527. The number of benzene rings is 1. The molecule has 0 aliphatic heterocycles. The summed E-state index contributed by atoms with van der Waals surface area (Å²) in [5.74, 6) is -0.323. The summed E-state index contributed by atoms with van der Waals surface area (Å²) in [6, 6.07) is 9.76. The van der Waals surface area contributed by atoms with Gasteiger partial charge in [-0.15, -0.1) is 0 Å². The number of esters is 1. The molecule has 1 aromatic rings. The summed E-state index contributed by atoms with van der Waals surface area (Å²) < 4.78 is 4.76. The number of hydrogen-bond donors (Lipinski definition) is 0. The third kappa shape index (κ3) is 3.83. The number of nitriles is 2. The maximum atomic E-state index is 11.7. The van der Waals surface area contributed by atoms with Gasteiger partial charge in [0.15, 0.2) is 0 Å². The van der Waals surface area contributed by atoms with Crippen molar-refractivity contribution >= 4 is 5.97 Å². The summed E-state index contributed by atoms with van der Waals surface area (Å²) in [5, 5.41) is 17.6. The van der Waals surface area contributed by atoms with E-state index in [1.165, 1.54) is 7.11 Å². The molecule has 1 rings (SSSR count). The molecule has 4 heteroatoms. The van der Waals surface area contributed by atoms with Crippen molar-refractivity contribution in [2.24, 2.45) is 0 Å². The maximum absolute atomic E-state index is 11.7. The summed E-state index contributed by atoms with van der Waals surface area (Å²) in [6.45, 7) is 3.89. The molecule has 0 spiro atoms. The largest absolute Gasteiger partial charge is 0.465 e. The normalized spacial score (nSPS) is 12.8. The fraction of sp³-hybridized carbons (Fsp3) is 0.438. The highest BCUT2D eigenvalue weighted by Gasteiger charge is 2.15. The van der Waals surface area contributed by atoms with E-state index in [-0.39, 0.29) is 11.8 Å². The van der Waals surface area contributed by atoms with Crippen LogP contribution >= 0.6 is 0 Å². The molecule has 20 heavy (non-hydrogen) atoms. The molecule has 0 heterocycles. The molecule has 0 aliphatic carbocycles. The minimum atomic E-state index is -0.401. The van der Waals surface area contributed by atoms with Crippen LogP contribution < -0.4 is 0 Å². The monoisotopic (exact) mass is 270 g/mol. The molecular weight excluding hydrogens is 252 g/mol. The molecule has 0 aliphatic rings. The number of carbonyl (C=O) groups excluding carboxylic acids is 1. The first-order valence-electron chi connectivity index (χ1n) is 6.50. The topological polar surface area (TPSA) is 73.9 Å². The van der Waals surface area contributed by atoms with Gasteiger partial charge in [0.1, 0.15) is 0 Å². The summed E-state index contributed by atoms with van der Waals surface area (Å²) in [4.78, 5) is 11.7. The van der Waals surface area contributed by atoms with E-state index in [0.29, 0.717) is 18.4 Å². The molecule has 0 bridgehead atoms. The Morgan fingerprint density at radius 3 is 1.90 bits per heavy atom. The molecule has 0 fully saturated rings. The van der Waals surface area contributed by atoms with Crippen molar-refractivity contribution in [3.8, 4) is 12.1 Å². The first-order chi connectivity index (χ1) is 9.53. The fourth-order valence-corrected chi connectivity index (χ4v) is 1.99. The Kier molecular flexibility index (Phi) is 5.74. The van der Waals surface area contributed by atoms with Crippen LogP contribution in [-0.4, -0.2) is 13.1 Å². The molecule has 2 unspecified atom stereocenters. The molecule has 1 aromatic carbocycles. The third-order valence-corrected chi connectivity index (χ3v) is 3.33. The summed E-state index contributed by atoms with van der Waals surface area (Å²) in [6.07, 6.45) is 0.771. The van der Waals surface area contributed by atoms with Crippen molar-refractivity contribution in [1.29, 1.82) is 10.5 Å². The molecule has 0 N–H and O–H groups in total. The number of rotatable bonds is 5. The average Bonchev–Trinajstić information content (AvgIpc) is 2.46. The lowest BCUT2D eigenvalue weighted by molar-refractivity contribution is 0.0600. The van der Waals surface area contributed by atoms with Crippen LogP contribution in [0.5, 0.6) is 0 Å². The van der Waals surface area contributed by atoms with Crippen LogP contribution in [0.3, 0.4) is 0 Å². The van der Waals surface area contributed by atoms with Gasteiger partial charge in [0.05, 0.1) is 24.8 Å². The van der Waals surface area contributed by atoms with Crippen LogP contribution in [0.25, 0.3) is 0 Å². The van der Waals surface area contributed by atoms with Crippen molar-refractivity contribution in [3.63, 3.8) is 0 Å². The lowest BCUT2D eigenvalue weighted by Crippen LogP contribution is -2.06. The molecule has 0 amide bonds. The van der Waals surface area contributed by atoms with Crippen LogP contribution in [0.1, 0.15) is 60.0 Å². The minimum Gasteiger partial charge on any atom is -0.465 e. The van der Waals surface area contributed by atoms with Crippen molar-refractivity contribution in [2.45, 2.75) is 38.5 Å². The SMILES string of the molecule is COC(=O)c1cc(C(C)CC#N)cc(C(C)CC#N)c1. The Hall–Kier alpha value is -2.33. The molecule has 0 radical (unpaired) electrons. The molecule has 0 saturated carbocycles. The molecule has 0 aromatic heterocycles. The first-order valence-corrected chi connectivity index (χ1v) is 6.50.